The van der Waals surface area contributed by atoms with E-state index in [1.165, 1.54) is 0 Å². The number of nitrogens with zero attached hydrogens (tertiary/aromatic N) is 2. The van der Waals surface area contributed by atoms with Gasteiger partial charge in [-0.3, -0.25) is 19.8 Å². The van der Waals surface area contributed by atoms with Gasteiger partial charge in [0.25, 0.3) is 11.9 Å². The third kappa shape index (κ3) is 3.17. The average molecular weight is 528 g/mol. The summed E-state index contributed by atoms with van der Waals surface area (Å²) >= 11 is 3.59. The van der Waals surface area contributed by atoms with Gasteiger partial charge in [-0.15, -0.1) is 0 Å². The molecular formula is C25H26BrN3O5. The van der Waals surface area contributed by atoms with Crippen molar-refractivity contribution in [1.82, 2.24) is 4.90 Å². The number of carbonyl (C=O) groups is 1. The number of para-hydroxylation sites is 1. The summed E-state index contributed by atoms with van der Waals surface area (Å²) in [6, 6.07) is 9.74. The molecule has 3 heterocycles. The van der Waals surface area contributed by atoms with Crippen molar-refractivity contribution in [2.24, 2.45) is 0 Å². The molecule has 0 aromatic heterocycles. The van der Waals surface area contributed by atoms with Crippen LogP contribution in [0, 0.1) is 10.1 Å². The topological polar surface area (TPSA) is 93.9 Å². The number of nitro groups is 1. The smallest absolute Gasteiger partial charge is 0.256 e. The number of benzene rings is 2. The second kappa shape index (κ2) is 8.70. The van der Waals surface area contributed by atoms with E-state index in [1.807, 2.05) is 43.3 Å². The quantitative estimate of drug-likeness (QED) is 0.324. The van der Waals surface area contributed by atoms with Gasteiger partial charge in [0.05, 0.1) is 17.0 Å². The summed E-state index contributed by atoms with van der Waals surface area (Å²) in [5, 5.41) is 15.7. The molecule has 2 fully saturated rings. The molecule has 4 atom stereocenters. The Hall–Kier alpha value is -2.91. The van der Waals surface area contributed by atoms with Gasteiger partial charge in [-0.25, -0.2) is 0 Å². The molecule has 3 aliphatic rings. The maximum atomic E-state index is 13.6. The van der Waals surface area contributed by atoms with Crippen molar-refractivity contribution in [3.05, 3.63) is 74.8 Å². The fourth-order valence-electron chi connectivity index (χ4n) is 6.10. The minimum absolute atomic E-state index is 0.145. The lowest BCUT2D eigenvalue weighted by Gasteiger charge is -2.32. The van der Waals surface area contributed by atoms with E-state index in [0.29, 0.717) is 47.0 Å². The normalized spacial score (nSPS) is 27.4. The zero-order valence-corrected chi connectivity index (χ0v) is 20.4. The first-order valence-corrected chi connectivity index (χ1v) is 12.3. The molecule has 2 aromatic rings. The van der Waals surface area contributed by atoms with E-state index in [2.05, 4.69) is 32.7 Å². The van der Waals surface area contributed by atoms with Crippen LogP contribution in [0.4, 0.5) is 5.69 Å². The number of ether oxygens (including phenoxy) is 2. The van der Waals surface area contributed by atoms with Gasteiger partial charge in [0.2, 0.25) is 0 Å². The third-order valence-corrected chi connectivity index (χ3v) is 7.75. The molecular weight excluding hydrogens is 502 g/mol. The monoisotopic (exact) mass is 527 g/mol. The second-order valence-electron chi connectivity index (χ2n) is 8.79. The number of fused-ring (bicyclic) bond motifs is 4. The van der Waals surface area contributed by atoms with Crippen LogP contribution in [-0.4, -0.2) is 47.6 Å². The van der Waals surface area contributed by atoms with Gasteiger partial charge in [0.1, 0.15) is 6.61 Å². The fraction of sp³-hybridized carbons (Fsp3) is 0.400. The van der Waals surface area contributed by atoms with Crippen molar-refractivity contribution in [3.63, 3.8) is 0 Å². The Balaban J connectivity index is 1.69. The first-order chi connectivity index (χ1) is 16.4. The molecule has 1 N–H and O–H groups in total. The predicted molar refractivity (Wildman–Crippen MR) is 131 cm³/mol. The Morgan fingerprint density at radius 2 is 2.15 bits per heavy atom. The van der Waals surface area contributed by atoms with Crippen molar-refractivity contribution in [3.8, 4) is 11.5 Å². The van der Waals surface area contributed by atoms with E-state index in [9.17, 15) is 14.9 Å². The van der Waals surface area contributed by atoms with Gasteiger partial charge in [-0.1, -0.05) is 30.9 Å². The Labute approximate surface area is 206 Å². The Morgan fingerprint density at radius 3 is 2.88 bits per heavy atom. The summed E-state index contributed by atoms with van der Waals surface area (Å²) in [4.78, 5) is 28.1. The number of nitrogens with one attached hydrogen (secondary N) is 1. The lowest BCUT2D eigenvalue weighted by Crippen LogP contribution is -2.55. The molecule has 3 aliphatic heterocycles. The maximum absolute atomic E-state index is 13.6. The summed E-state index contributed by atoms with van der Waals surface area (Å²) in [7, 11) is 0. The van der Waals surface area contributed by atoms with Gasteiger partial charge >= 0.3 is 0 Å². The second-order valence-corrected chi connectivity index (χ2v) is 9.64. The first-order valence-electron chi connectivity index (χ1n) is 11.5. The van der Waals surface area contributed by atoms with Gasteiger partial charge in [-0.2, -0.15) is 0 Å². The Morgan fingerprint density at radius 1 is 1.35 bits per heavy atom. The zero-order valence-electron chi connectivity index (χ0n) is 18.8. The highest BCUT2D eigenvalue weighted by atomic mass is 79.9. The molecule has 0 radical (unpaired) electrons. The molecule has 0 saturated carbocycles. The average Bonchev–Trinajstić information content (AvgIpc) is 3.46. The van der Waals surface area contributed by atoms with Crippen molar-refractivity contribution in [2.75, 3.05) is 25.1 Å². The van der Waals surface area contributed by atoms with E-state index in [1.54, 1.807) is 6.08 Å². The molecule has 34 heavy (non-hydrogen) atoms. The summed E-state index contributed by atoms with van der Waals surface area (Å²) in [6.07, 6.45) is 3.30. The molecule has 5 rings (SSSR count). The molecule has 2 saturated heterocycles. The van der Waals surface area contributed by atoms with Gasteiger partial charge in [0, 0.05) is 28.8 Å². The minimum atomic E-state index is -1.35. The Bertz CT molecular complexity index is 1170. The molecule has 178 valence electrons. The summed E-state index contributed by atoms with van der Waals surface area (Å²) < 4.78 is 12.3. The van der Waals surface area contributed by atoms with Crippen LogP contribution in [0.15, 0.2) is 53.5 Å². The van der Waals surface area contributed by atoms with Crippen LogP contribution in [0.25, 0.3) is 0 Å². The Kier molecular flexibility index (Phi) is 5.85. The minimum Gasteiger partial charge on any atom is -0.490 e. The van der Waals surface area contributed by atoms with Crippen LogP contribution < -0.4 is 14.8 Å². The summed E-state index contributed by atoms with van der Waals surface area (Å²) in [5.41, 5.74) is 0.748. The molecule has 0 unspecified atom stereocenters. The molecule has 9 heteroatoms. The predicted octanol–water partition coefficient (Wildman–Crippen LogP) is 4.47. The molecule has 0 aliphatic carbocycles. The lowest BCUT2D eigenvalue weighted by molar-refractivity contribution is -0.534. The van der Waals surface area contributed by atoms with E-state index in [0.717, 1.165) is 18.4 Å². The van der Waals surface area contributed by atoms with Gasteiger partial charge in [-0.05, 0) is 59.5 Å². The van der Waals surface area contributed by atoms with Gasteiger partial charge in [0.15, 0.2) is 17.0 Å². The SMILES string of the molecule is C=CCOc1c(Br)cc([C@H]2[C@H]([N+](=O)[O-])[C@]3(C(=O)Nc4ccccc43)N3CCC[C@@H]23)cc1OCC. The number of amides is 1. The molecule has 1 spiro atoms. The highest BCUT2D eigenvalue weighted by Gasteiger charge is 2.73. The highest BCUT2D eigenvalue weighted by Crippen LogP contribution is 2.58. The van der Waals surface area contributed by atoms with Crippen molar-refractivity contribution in [2.45, 2.75) is 43.3 Å². The van der Waals surface area contributed by atoms with E-state index in [4.69, 9.17) is 9.47 Å². The number of carbonyl (C=O) groups excluding carboxylic acids is 1. The van der Waals surface area contributed by atoms with Crippen LogP contribution in [0.1, 0.15) is 36.8 Å². The van der Waals surface area contributed by atoms with Gasteiger partial charge < -0.3 is 14.8 Å². The van der Waals surface area contributed by atoms with Crippen molar-refractivity contribution in [1.29, 1.82) is 0 Å². The van der Waals surface area contributed by atoms with Crippen LogP contribution in [0.5, 0.6) is 11.5 Å². The lowest BCUT2D eigenvalue weighted by atomic mass is 9.77. The van der Waals surface area contributed by atoms with Crippen molar-refractivity contribution < 1.29 is 19.2 Å². The third-order valence-electron chi connectivity index (χ3n) is 7.16. The van der Waals surface area contributed by atoms with Crippen LogP contribution in [-0.2, 0) is 10.3 Å². The largest absolute Gasteiger partial charge is 0.490 e. The van der Waals surface area contributed by atoms with E-state index < -0.39 is 17.5 Å². The zero-order chi connectivity index (χ0) is 24.0. The van der Waals surface area contributed by atoms with Crippen LogP contribution in [0.2, 0.25) is 0 Å². The number of anilines is 1. The fourth-order valence-corrected chi connectivity index (χ4v) is 6.68. The number of hydrogen-bond acceptors (Lipinski definition) is 6. The number of halogens is 1. The van der Waals surface area contributed by atoms with Crippen LogP contribution in [0.3, 0.4) is 0 Å². The van der Waals surface area contributed by atoms with Crippen LogP contribution >= 0.6 is 15.9 Å². The summed E-state index contributed by atoms with van der Waals surface area (Å²) in [5.74, 6) is 0.221. The number of hydrogen-bond donors (Lipinski definition) is 1. The van der Waals surface area contributed by atoms with E-state index in [-0.39, 0.29) is 16.9 Å². The highest BCUT2D eigenvalue weighted by molar-refractivity contribution is 9.10. The maximum Gasteiger partial charge on any atom is 0.256 e. The van der Waals surface area contributed by atoms with Crippen molar-refractivity contribution >= 4 is 27.5 Å². The summed E-state index contributed by atoms with van der Waals surface area (Å²) in [6.45, 7) is 6.92. The molecule has 2 aromatic carbocycles. The molecule has 8 nitrogen and oxygen atoms in total. The molecule has 1 amide bonds. The van der Waals surface area contributed by atoms with E-state index >= 15 is 0 Å². The standard InChI is InChI=1S/C25H26BrN3O5/c1-3-12-34-22-17(26)13-15(14-20(22)33-4-2)21-19-10-7-11-28(19)25(23(21)29(31)32)16-8-5-6-9-18(16)27-24(25)30/h3,5-6,8-9,13-14,19,21,23H,1,4,7,10-12H2,2H3,(H,27,30)/t19-,21+,23-,25+/m0/s1. The number of rotatable bonds is 7. The first kappa shape index (κ1) is 22.9. The molecule has 0 bridgehead atoms.